The molecule has 2 aliphatic rings. The maximum atomic E-state index is 6.04. The molecule has 0 aromatic rings. The molecule has 0 saturated carbocycles. The lowest BCUT2D eigenvalue weighted by Gasteiger charge is -2.39. The Bertz CT molecular complexity index is 275. The Hall–Kier alpha value is -0.120. The van der Waals surface area contributed by atoms with Gasteiger partial charge >= 0.3 is 0 Å². The van der Waals surface area contributed by atoms with Gasteiger partial charge in [0, 0.05) is 13.0 Å². The molecule has 0 aromatic heterocycles. The summed E-state index contributed by atoms with van der Waals surface area (Å²) in [7, 11) is 1.81. The van der Waals surface area contributed by atoms with Gasteiger partial charge in [0.25, 0.3) is 0 Å². The van der Waals surface area contributed by atoms with Gasteiger partial charge in [-0.1, -0.05) is 58.8 Å². The van der Waals surface area contributed by atoms with Crippen molar-refractivity contribution in [2.75, 3.05) is 20.3 Å². The molecule has 118 valence electrons. The van der Waals surface area contributed by atoms with Gasteiger partial charge in [-0.2, -0.15) is 0 Å². The smallest absolute Gasteiger partial charge is 0.144 e. The Labute approximate surface area is 124 Å². The molecule has 2 saturated heterocycles. The van der Waals surface area contributed by atoms with Crippen LogP contribution in [0.3, 0.4) is 0 Å². The predicted molar refractivity (Wildman–Crippen MR) is 81.0 cm³/mol. The van der Waals surface area contributed by atoms with E-state index in [0.29, 0.717) is 5.92 Å². The Morgan fingerprint density at radius 2 is 1.75 bits per heavy atom. The van der Waals surface area contributed by atoms with Gasteiger partial charge in [0.05, 0.1) is 25.4 Å². The van der Waals surface area contributed by atoms with Crippen LogP contribution in [-0.2, 0) is 14.2 Å². The maximum Gasteiger partial charge on any atom is 0.144 e. The minimum Gasteiger partial charge on any atom is -0.378 e. The van der Waals surface area contributed by atoms with Crippen LogP contribution in [0.2, 0.25) is 0 Å². The third-order valence-corrected chi connectivity index (χ3v) is 4.91. The molecule has 2 aliphatic heterocycles. The molecule has 0 bridgehead atoms. The molecule has 0 radical (unpaired) electrons. The third-order valence-electron chi connectivity index (χ3n) is 4.91. The van der Waals surface area contributed by atoms with E-state index in [1.807, 2.05) is 0 Å². The van der Waals surface area contributed by atoms with Crippen molar-refractivity contribution in [1.82, 2.24) is 0 Å². The summed E-state index contributed by atoms with van der Waals surface area (Å²) in [6.07, 6.45) is 11.0. The van der Waals surface area contributed by atoms with Crippen LogP contribution >= 0.6 is 0 Å². The molecule has 0 amide bonds. The minimum absolute atomic E-state index is 0.116. The molecule has 2 rings (SSSR count). The second-order valence-electron chi connectivity index (χ2n) is 6.61. The molecule has 0 unspecified atom stereocenters. The van der Waals surface area contributed by atoms with Gasteiger partial charge in [0.2, 0.25) is 0 Å². The molecule has 0 aromatic carbocycles. The zero-order valence-electron chi connectivity index (χ0n) is 13.5. The van der Waals surface area contributed by atoms with Gasteiger partial charge in [-0.3, -0.25) is 0 Å². The second kappa shape index (κ2) is 7.77. The van der Waals surface area contributed by atoms with E-state index in [1.54, 1.807) is 7.11 Å². The first kappa shape index (κ1) is 16.3. The van der Waals surface area contributed by atoms with Crippen LogP contribution in [0.5, 0.6) is 0 Å². The van der Waals surface area contributed by atoms with Crippen LogP contribution in [0.4, 0.5) is 0 Å². The molecule has 0 N–H and O–H groups in total. The highest BCUT2D eigenvalue weighted by Crippen LogP contribution is 2.45. The average molecular weight is 284 g/mol. The molecule has 1 spiro atoms. The Kier molecular flexibility index (Phi) is 6.31. The standard InChI is InChI=1S/C17H32O3/c1-4-5-6-7-8-9-10-11-15-17(13-20-17)16(18-3)14(2)12-19-15/h14-16H,4-13H2,1-3H3/t14-,15+,16-,17+/m0/s1. The van der Waals surface area contributed by atoms with E-state index in [9.17, 15) is 0 Å². The van der Waals surface area contributed by atoms with Crippen LogP contribution < -0.4 is 0 Å². The van der Waals surface area contributed by atoms with E-state index < -0.39 is 0 Å². The number of hydrogen-bond donors (Lipinski definition) is 0. The van der Waals surface area contributed by atoms with E-state index >= 15 is 0 Å². The Balaban J connectivity index is 1.66. The highest BCUT2D eigenvalue weighted by molar-refractivity contribution is 5.09. The maximum absolute atomic E-state index is 6.04. The molecule has 0 aliphatic carbocycles. The predicted octanol–water partition coefficient (Wildman–Crippen LogP) is 3.95. The SMILES string of the molecule is CCCCCCCCC[C@H]1OC[C@H](C)[C@H](OC)[C@@]12CO2. The number of epoxide rings is 1. The first-order valence-electron chi connectivity index (χ1n) is 8.53. The molecule has 3 nitrogen and oxygen atoms in total. The number of rotatable bonds is 9. The summed E-state index contributed by atoms with van der Waals surface area (Å²) < 4.78 is 17.5. The van der Waals surface area contributed by atoms with E-state index in [-0.39, 0.29) is 17.8 Å². The van der Waals surface area contributed by atoms with E-state index in [1.165, 1.54) is 44.9 Å². The van der Waals surface area contributed by atoms with Crippen LogP contribution in [0.1, 0.15) is 65.2 Å². The van der Waals surface area contributed by atoms with E-state index in [2.05, 4.69) is 13.8 Å². The molecule has 2 heterocycles. The van der Waals surface area contributed by atoms with Gasteiger partial charge in [0.1, 0.15) is 5.60 Å². The van der Waals surface area contributed by atoms with Crippen molar-refractivity contribution in [3.63, 3.8) is 0 Å². The van der Waals surface area contributed by atoms with Crippen molar-refractivity contribution in [3.8, 4) is 0 Å². The van der Waals surface area contributed by atoms with Crippen molar-refractivity contribution < 1.29 is 14.2 Å². The first-order valence-corrected chi connectivity index (χ1v) is 8.53. The third kappa shape index (κ3) is 3.75. The zero-order chi connectivity index (χ0) is 14.4. The summed E-state index contributed by atoms with van der Waals surface area (Å²) in [6.45, 7) is 6.09. The fourth-order valence-corrected chi connectivity index (χ4v) is 3.64. The summed E-state index contributed by atoms with van der Waals surface area (Å²) in [4.78, 5) is 0. The van der Waals surface area contributed by atoms with Gasteiger partial charge in [-0.15, -0.1) is 0 Å². The average Bonchev–Trinajstić information content (AvgIpc) is 3.22. The summed E-state index contributed by atoms with van der Waals surface area (Å²) in [6, 6.07) is 0. The van der Waals surface area contributed by atoms with Crippen LogP contribution in [0.25, 0.3) is 0 Å². The van der Waals surface area contributed by atoms with Crippen molar-refractivity contribution in [1.29, 1.82) is 0 Å². The summed E-state index contributed by atoms with van der Waals surface area (Å²) in [5.41, 5.74) is -0.116. The normalized spacial score (nSPS) is 36.5. The van der Waals surface area contributed by atoms with Gasteiger partial charge in [-0.05, 0) is 6.42 Å². The van der Waals surface area contributed by atoms with Crippen molar-refractivity contribution >= 4 is 0 Å². The van der Waals surface area contributed by atoms with Crippen LogP contribution in [0.15, 0.2) is 0 Å². The highest BCUT2D eigenvalue weighted by Gasteiger charge is 2.61. The lowest BCUT2D eigenvalue weighted by atomic mass is 9.83. The molecule has 4 atom stereocenters. The topological polar surface area (TPSA) is 31.0 Å². The van der Waals surface area contributed by atoms with Crippen LogP contribution in [-0.4, -0.2) is 38.1 Å². The van der Waals surface area contributed by atoms with E-state index in [0.717, 1.165) is 19.6 Å². The van der Waals surface area contributed by atoms with Gasteiger partial charge < -0.3 is 14.2 Å². The molecule has 2 fully saturated rings. The number of ether oxygens (including phenoxy) is 3. The zero-order valence-corrected chi connectivity index (χ0v) is 13.5. The second-order valence-corrected chi connectivity index (χ2v) is 6.61. The number of methoxy groups -OCH3 is 1. The Morgan fingerprint density at radius 1 is 1.10 bits per heavy atom. The fourth-order valence-electron chi connectivity index (χ4n) is 3.64. The summed E-state index contributed by atoms with van der Waals surface area (Å²) in [5, 5.41) is 0. The molecule has 20 heavy (non-hydrogen) atoms. The minimum atomic E-state index is -0.116. The van der Waals surface area contributed by atoms with Gasteiger partial charge in [-0.25, -0.2) is 0 Å². The van der Waals surface area contributed by atoms with Crippen molar-refractivity contribution in [2.45, 2.75) is 83.0 Å². The fraction of sp³-hybridized carbons (Fsp3) is 1.00. The number of hydrogen-bond acceptors (Lipinski definition) is 3. The number of unbranched alkanes of at least 4 members (excludes halogenated alkanes) is 6. The molecule has 3 heteroatoms. The quantitative estimate of drug-likeness (QED) is 0.474. The van der Waals surface area contributed by atoms with Crippen molar-refractivity contribution in [3.05, 3.63) is 0 Å². The van der Waals surface area contributed by atoms with Gasteiger partial charge in [0.15, 0.2) is 0 Å². The van der Waals surface area contributed by atoms with E-state index in [4.69, 9.17) is 14.2 Å². The lowest BCUT2D eigenvalue weighted by molar-refractivity contribution is -0.149. The monoisotopic (exact) mass is 284 g/mol. The molecular weight excluding hydrogens is 252 g/mol. The summed E-state index contributed by atoms with van der Waals surface area (Å²) in [5.74, 6) is 0.438. The Morgan fingerprint density at radius 3 is 2.35 bits per heavy atom. The van der Waals surface area contributed by atoms with Crippen molar-refractivity contribution in [2.24, 2.45) is 5.92 Å². The largest absolute Gasteiger partial charge is 0.378 e. The molecular formula is C17H32O3. The lowest BCUT2D eigenvalue weighted by Crippen LogP contribution is -2.53. The van der Waals surface area contributed by atoms with Crippen LogP contribution in [0, 0.1) is 5.92 Å². The highest BCUT2D eigenvalue weighted by atomic mass is 16.7. The first-order chi connectivity index (χ1) is 9.74. The summed E-state index contributed by atoms with van der Waals surface area (Å²) >= 11 is 0.